The molecule has 0 atom stereocenters. The van der Waals surface area contributed by atoms with E-state index in [0.29, 0.717) is 27.1 Å². The summed E-state index contributed by atoms with van der Waals surface area (Å²) in [5.74, 6) is 0.595. The first kappa shape index (κ1) is 18.9. The van der Waals surface area contributed by atoms with Gasteiger partial charge >= 0.3 is 0 Å². The molecule has 0 saturated heterocycles. The number of hydrogen-bond donors (Lipinski definition) is 1. The maximum atomic E-state index is 10.9. The van der Waals surface area contributed by atoms with Crippen LogP contribution in [0.15, 0.2) is 36.4 Å². The highest BCUT2D eigenvalue weighted by atomic mass is 127. The number of rotatable bonds is 6. The summed E-state index contributed by atoms with van der Waals surface area (Å²) in [5, 5.41) is 1.08. The molecule has 0 aliphatic rings. The number of carbonyl (C=O) groups excluding carboxylic acids is 1. The van der Waals surface area contributed by atoms with Crippen molar-refractivity contribution in [2.45, 2.75) is 6.61 Å². The summed E-state index contributed by atoms with van der Waals surface area (Å²) in [7, 11) is 1.54. The van der Waals surface area contributed by atoms with Gasteiger partial charge in [0, 0.05) is 21.7 Å². The molecule has 0 heterocycles. The number of halogens is 3. The molecule has 0 unspecified atom stereocenters. The Morgan fingerprint density at radius 3 is 2.54 bits per heavy atom. The SMILES string of the molecule is COc1cc(C=CC(N)=O)cc(I)c1OCc1c(Cl)cccc1Cl. The van der Waals surface area contributed by atoms with Gasteiger partial charge in [-0.15, -0.1) is 0 Å². The molecule has 24 heavy (non-hydrogen) atoms. The standard InChI is InChI=1S/C17H14Cl2INO3/c1-23-15-8-10(5-6-16(21)22)7-14(20)17(15)24-9-11-12(18)3-2-4-13(11)19/h2-8H,9H2,1H3,(H2,21,22). The second kappa shape index (κ2) is 8.60. The number of amides is 1. The summed E-state index contributed by atoms with van der Waals surface area (Å²) < 4.78 is 12.1. The van der Waals surface area contributed by atoms with E-state index in [1.54, 1.807) is 37.5 Å². The Morgan fingerprint density at radius 2 is 1.96 bits per heavy atom. The van der Waals surface area contributed by atoms with E-state index >= 15 is 0 Å². The average Bonchev–Trinajstić information content (AvgIpc) is 2.53. The summed E-state index contributed by atoms with van der Waals surface area (Å²) in [6.45, 7) is 0.210. The van der Waals surface area contributed by atoms with Gasteiger partial charge in [0.15, 0.2) is 11.5 Å². The van der Waals surface area contributed by atoms with Crippen molar-refractivity contribution < 1.29 is 14.3 Å². The van der Waals surface area contributed by atoms with Gasteiger partial charge in [-0.05, 0) is 58.5 Å². The van der Waals surface area contributed by atoms with Gasteiger partial charge in [0.05, 0.1) is 10.7 Å². The van der Waals surface area contributed by atoms with Gasteiger partial charge in [-0.2, -0.15) is 0 Å². The van der Waals surface area contributed by atoms with E-state index in [1.807, 2.05) is 6.07 Å². The summed E-state index contributed by atoms with van der Waals surface area (Å²) in [6.07, 6.45) is 2.90. The van der Waals surface area contributed by atoms with Crippen molar-refractivity contribution in [2.24, 2.45) is 5.73 Å². The van der Waals surface area contributed by atoms with Crippen LogP contribution in [0, 0.1) is 3.57 Å². The predicted octanol–water partition coefficient (Wildman–Crippen LogP) is 4.68. The summed E-state index contributed by atoms with van der Waals surface area (Å²) in [4.78, 5) is 10.9. The van der Waals surface area contributed by atoms with Crippen molar-refractivity contribution in [3.8, 4) is 11.5 Å². The molecule has 4 nitrogen and oxygen atoms in total. The molecule has 0 saturated carbocycles. The van der Waals surface area contributed by atoms with Gasteiger partial charge in [0.25, 0.3) is 0 Å². The molecule has 0 bridgehead atoms. The fourth-order valence-corrected chi connectivity index (χ4v) is 3.26. The molecule has 0 aliphatic carbocycles. The van der Waals surface area contributed by atoms with Crippen LogP contribution in [0.4, 0.5) is 0 Å². The zero-order chi connectivity index (χ0) is 17.7. The molecular weight excluding hydrogens is 464 g/mol. The molecule has 0 aromatic heterocycles. The maximum absolute atomic E-state index is 10.9. The van der Waals surface area contributed by atoms with Gasteiger partial charge in [0.2, 0.25) is 5.91 Å². The Labute approximate surface area is 163 Å². The molecule has 126 valence electrons. The van der Waals surface area contributed by atoms with Crippen LogP contribution >= 0.6 is 45.8 Å². The van der Waals surface area contributed by atoms with Crippen LogP contribution in [-0.2, 0) is 11.4 Å². The molecule has 2 aromatic rings. The van der Waals surface area contributed by atoms with E-state index in [1.165, 1.54) is 6.08 Å². The van der Waals surface area contributed by atoms with Crippen LogP contribution in [0.25, 0.3) is 6.08 Å². The lowest BCUT2D eigenvalue weighted by Crippen LogP contribution is -2.05. The van der Waals surface area contributed by atoms with E-state index in [-0.39, 0.29) is 6.61 Å². The fraction of sp³-hybridized carbons (Fsp3) is 0.118. The van der Waals surface area contributed by atoms with Gasteiger partial charge in [-0.3, -0.25) is 4.79 Å². The highest BCUT2D eigenvalue weighted by Gasteiger charge is 2.13. The van der Waals surface area contributed by atoms with Crippen molar-refractivity contribution in [1.82, 2.24) is 0 Å². The first-order chi connectivity index (χ1) is 11.4. The van der Waals surface area contributed by atoms with Crippen molar-refractivity contribution in [3.63, 3.8) is 0 Å². The maximum Gasteiger partial charge on any atom is 0.241 e. The lowest BCUT2D eigenvalue weighted by atomic mass is 10.2. The minimum atomic E-state index is -0.516. The number of benzene rings is 2. The molecule has 0 spiro atoms. The smallest absolute Gasteiger partial charge is 0.241 e. The van der Waals surface area contributed by atoms with Gasteiger partial charge in [0.1, 0.15) is 6.61 Å². The van der Waals surface area contributed by atoms with E-state index in [4.69, 9.17) is 38.4 Å². The van der Waals surface area contributed by atoms with Crippen molar-refractivity contribution in [1.29, 1.82) is 0 Å². The van der Waals surface area contributed by atoms with Crippen molar-refractivity contribution in [3.05, 3.63) is 61.2 Å². The zero-order valence-electron chi connectivity index (χ0n) is 12.7. The van der Waals surface area contributed by atoms with E-state index in [0.717, 1.165) is 9.13 Å². The van der Waals surface area contributed by atoms with Crippen LogP contribution < -0.4 is 15.2 Å². The predicted molar refractivity (Wildman–Crippen MR) is 105 cm³/mol. The number of nitrogens with two attached hydrogens (primary N) is 1. The molecule has 1 amide bonds. The molecule has 7 heteroatoms. The van der Waals surface area contributed by atoms with E-state index < -0.39 is 5.91 Å². The monoisotopic (exact) mass is 477 g/mol. The van der Waals surface area contributed by atoms with Crippen LogP contribution in [-0.4, -0.2) is 13.0 Å². The lowest BCUT2D eigenvalue weighted by Gasteiger charge is -2.15. The van der Waals surface area contributed by atoms with E-state index in [9.17, 15) is 4.79 Å². The Balaban J connectivity index is 2.28. The molecule has 2 rings (SSSR count). The lowest BCUT2D eigenvalue weighted by molar-refractivity contribution is -0.113. The Morgan fingerprint density at radius 1 is 1.29 bits per heavy atom. The molecule has 2 aromatic carbocycles. The van der Waals surface area contributed by atoms with Gasteiger partial charge in [-0.1, -0.05) is 29.3 Å². The van der Waals surface area contributed by atoms with Crippen LogP contribution in [0.3, 0.4) is 0 Å². The number of ether oxygens (including phenoxy) is 2. The molecule has 2 N–H and O–H groups in total. The first-order valence-electron chi connectivity index (χ1n) is 6.83. The van der Waals surface area contributed by atoms with Crippen molar-refractivity contribution >= 4 is 57.8 Å². The molecule has 0 aliphatic heterocycles. The summed E-state index contributed by atoms with van der Waals surface area (Å²) in [5.41, 5.74) is 6.59. The highest BCUT2D eigenvalue weighted by Crippen LogP contribution is 2.36. The topological polar surface area (TPSA) is 61.5 Å². The molecule has 0 fully saturated rings. The highest BCUT2D eigenvalue weighted by molar-refractivity contribution is 14.1. The molecular formula is C17H14Cl2INO3. The minimum absolute atomic E-state index is 0.210. The number of carbonyl (C=O) groups is 1. The van der Waals surface area contributed by atoms with Crippen LogP contribution in [0.5, 0.6) is 11.5 Å². The Kier molecular flexibility index (Phi) is 6.77. The Hall–Kier alpha value is -1.44. The largest absolute Gasteiger partial charge is 0.493 e. The quantitative estimate of drug-likeness (QED) is 0.485. The van der Waals surface area contributed by atoms with Crippen LogP contribution in [0.2, 0.25) is 10.0 Å². The van der Waals surface area contributed by atoms with E-state index in [2.05, 4.69) is 22.6 Å². The first-order valence-corrected chi connectivity index (χ1v) is 8.66. The second-order valence-corrected chi connectivity index (χ2v) is 6.74. The number of primary amides is 1. The Bertz CT molecular complexity index is 773. The fourth-order valence-electron chi connectivity index (χ4n) is 1.97. The third-order valence-electron chi connectivity index (χ3n) is 3.11. The third kappa shape index (κ3) is 4.78. The number of methoxy groups -OCH3 is 1. The van der Waals surface area contributed by atoms with Gasteiger partial charge < -0.3 is 15.2 Å². The average molecular weight is 478 g/mol. The number of hydrogen-bond acceptors (Lipinski definition) is 3. The summed E-state index contributed by atoms with van der Waals surface area (Å²) in [6, 6.07) is 8.90. The summed E-state index contributed by atoms with van der Waals surface area (Å²) >= 11 is 14.4. The van der Waals surface area contributed by atoms with Gasteiger partial charge in [-0.25, -0.2) is 0 Å². The zero-order valence-corrected chi connectivity index (χ0v) is 16.4. The molecule has 0 radical (unpaired) electrons. The normalized spacial score (nSPS) is 10.8. The van der Waals surface area contributed by atoms with Crippen LogP contribution in [0.1, 0.15) is 11.1 Å². The minimum Gasteiger partial charge on any atom is -0.493 e. The second-order valence-electron chi connectivity index (χ2n) is 4.76. The third-order valence-corrected chi connectivity index (χ3v) is 4.62. The van der Waals surface area contributed by atoms with Crippen molar-refractivity contribution in [2.75, 3.05) is 7.11 Å².